The van der Waals surface area contributed by atoms with Gasteiger partial charge in [-0.25, -0.2) is 4.98 Å². The Bertz CT molecular complexity index is 672. The number of para-hydroxylation sites is 2. The standard InChI is InChI=1S/C16H22N4O2S/c1-16(2,3)19-13(21)9-20(4)14(22)10-23-15-17-11-7-5-6-8-12(11)18-15/h5-8H,9-10H2,1-4H3,(H,17,18)(H,19,21). The van der Waals surface area contributed by atoms with Crippen LogP contribution in [0.5, 0.6) is 0 Å². The van der Waals surface area contributed by atoms with Crippen molar-refractivity contribution in [3.05, 3.63) is 24.3 Å². The summed E-state index contributed by atoms with van der Waals surface area (Å²) in [5.74, 6) is -0.0411. The van der Waals surface area contributed by atoms with Gasteiger partial charge < -0.3 is 15.2 Å². The first kappa shape index (κ1) is 17.3. The van der Waals surface area contributed by atoms with Crippen LogP contribution in [0.25, 0.3) is 11.0 Å². The van der Waals surface area contributed by atoms with Gasteiger partial charge in [0.25, 0.3) is 0 Å². The first-order valence-corrected chi connectivity index (χ1v) is 8.36. The van der Waals surface area contributed by atoms with Crippen LogP contribution in [0.4, 0.5) is 0 Å². The Balaban J connectivity index is 1.85. The van der Waals surface area contributed by atoms with E-state index in [1.807, 2.05) is 45.0 Å². The van der Waals surface area contributed by atoms with Crippen LogP contribution >= 0.6 is 11.8 Å². The molecule has 2 rings (SSSR count). The summed E-state index contributed by atoms with van der Waals surface area (Å²) in [6.45, 7) is 5.77. The van der Waals surface area contributed by atoms with E-state index in [0.717, 1.165) is 11.0 Å². The number of benzene rings is 1. The Morgan fingerprint density at radius 3 is 2.65 bits per heavy atom. The fourth-order valence-corrected chi connectivity index (χ4v) is 2.83. The highest BCUT2D eigenvalue weighted by Gasteiger charge is 2.18. The van der Waals surface area contributed by atoms with E-state index in [1.54, 1.807) is 7.05 Å². The second-order valence-electron chi connectivity index (χ2n) is 6.40. The number of nitrogens with one attached hydrogen (secondary N) is 2. The average molecular weight is 334 g/mol. The Labute approximate surface area is 140 Å². The predicted octanol–water partition coefficient (Wildman–Crippen LogP) is 2.03. The van der Waals surface area contributed by atoms with Crippen LogP contribution in [0.1, 0.15) is 20.8 Å². The number of imidazole rings is 1. The van der Waals surface area contributed by atoms with Crippen molar-refractivity contribution < 1.29 is 9.59 Å². The number of nitrogens with zero attached hydrogens (tertiary/aromatic N) is 2. The number of hydrogen-bond donors (Lipinski definition) is 2. The van der Waals surface area contributed by atoms with Gasteiger partial charge in [0, 0.05) is 12.6 Å². The molecule has 0 aliphatic rings. The van der Waals surface area contributed by atoms with Crippen molar-refractivity contribution in [2.75, 3.05) is 19.3 Å². The quantitative estimate of drug-likeness (QED) is 0.820. The maximum Gasteiger partial charge on any atom is 0.240 e. The number of thioether (sulfide) groups is 1. The third-order valence-corrected chi connectivity index (χ3v) is 3.88. The first-order chi connectivity index (χ1) is 10.7. The lowest BCUT2D eigenvalue weighted by Crippen LogP contribution is -2.46. The van der Waals surface area contributed by atoms with Crippen LogP contribution in [0.2, 0.25) is 0 Å². The number of rotatable bonds is 5. The minimum Gasteiger partial charge on any atom is -0.350 e. The fraction of sp³-hybridized carbons (Fsp3) is 0.438. The summed E-state index contributed by atoms with van der Waals surface area (Å²) in [5.41, 5.74) is 1.52. The Morgan fingerprint density at radius 1 is 1.30 bits per heavy atom. The molecule has 2 aromatic rings. The van der Waals surface area contributed by atoms with Gasteiger partial charge in [0.05, 0.1) is 23.3 Å². The van der Waals surface area contributed by atoms with E-state index < -0.39 is 0 Å². The van der Waals surface area contributed by atoms with Gasteiger partial charge in [-0.2, -0.15) is 0 Å². The number of H-pyrrole nitrogens is 1. The summed E-state index contributed by atoms with van der Waals surface area (Å²) >= 11 is 1.33. The zero-order valence-electron chi connectivity index (χ0n) is 13.8. The molecule has 1 aromatic heterocycles. The lowest BCUT2D eigenvalue weighted by atomic mass is 10.1. The van der Waals surface area contributed by atoms with Gasteiger partial charge >= 0.3 is 0 Å². The average Bonchev–Trinajstić information content (AvgIpc) is 2.85. The zero-order valence-corrected chi connectivity index (χ0v) is 14.7. The van der Waals surface area contributed by atoms with Crippen molar-refractivity contribution in [1.29, 1.82) is 0 Å². The first-order valence-electron chi connectivity index (χ1n) is 7.37. The molecule has 0 radical (unpaired) electrons. The van der Waals surface area contributed by atoms with Crippen LogP contribution < -0.4 is 5.32 Å². The molecule has 6 nitrogen and oxygen atoms in total. The number of aromatic amines is 1. The molecule has 1 aromatic carbocycles. The Morgan fingerprint density at radius 2 is 2.00 bits per heavy atom. The van der Waals surface area contributed by atoms with E-state index in [0.29, 0.717) is 5.16 Å². The molecule has 2 amide bonds. The number of likely N-dealkylation sites (N-methyl/N-ethyl adjacent to an activating group) is 1. The normalized spacial score (nSPS) is 11.5. The van der Waals surface area contributed by atoms with Gasteiger partial charge in [0.1, 0.15) is 0 Å². The van der Waals surface area contributed by atoms with Crippen molar-refractivity contribution in [3.63, 3.8) is 0 Å². The Kier molecular flexibility index (Phi) is 5.30. The maximum atomic E-state index is 12.1. The van der Waals surface area contributed by atoms with Crippen molar-refractivity contribution in [1.82, 2.24) is 20.2 Å². The summed E-state index contributed by atoms with van der Waals surface area (Å²) in [5, 5.41) is 3.54. The molecule has 7 heteroatoms. The third kappa shape index (κ3) is 5.28. The highest BCUT2D eigenvalue weighted by Crippen LogP contribution is 2.19. The topological polar surface area (TPSA) is 78.1 Å². The molecule has 0 atom stereocenters. The molecule has 0 saturated carbocycles. The Hall–Kier alpha value is -2.02. The monoisotopic (exact) mass is 334 g/mol. The maximum absolute atomic E-state index is 12.1. The van der Waals surface area contributed by atoms with Crippen molar-refractivity contribution in [2.24, 2.45) is 0 Å². The van der Waals surface area contributed by atoms with Crippen molar-refractivity contribution in [3.8, 4) is 0 Å². The van der Waals surface area contributed by atoms with Crippen LogP contribution in [-0.4, -0.2) is 51.6 Å². The van der Waals surface area contributed by atoms with Gasteiger partial charge in [0.2, 0.25) is 11.8 Å². The molecule has 0 unspecified atom stereocenters. The number of fused-ring (bicyclic) bond motifs is 1. The highest BCUT2D eigenvalue weighted by atomic mass is 32.2. The smallest absolute Gasteiger partial charge is 0.240 e. The van der Waals surface area contributed by atoms with Crippen LogP contribution in [0, 0.1) is 0 Å². The number of carbonyl (C=O) groups is 2. The number of hydrogen-bond acceptors (Lipinski definition) is 4. The van der Waals surface area contributed by atoms with Gasteiger partial charge in [-0.3, -0.25) is 9.59 Å². The van der Waals surface area contributed by atoms with Gasteiger partial charge in [0.15, 0.2) is 5.16 Å². The summed E-state index contributed by atoms with van der Waals surface area (Å²) in [7, 11) is 1.63. The van der Waals surface area contributed by atoms with Crippen molar-refractivity contribution >= 4 is 34.6 Å². The minimum absolute atomic E-state index is 0.0524. The zero-order chi connectivity index (χ0) is 17.0. The molecular weight excluding hydrogens is 312 g/mol. The van der Waals surface area contributed by atoms with Gasteiger partial charge in [-0.05, 0) is 32.9 Å². The van der Waals surface area contributed by atoms with E-state index in [4.69, 9.17) is 0 Å². The summed E-state index contributed by atoms with van der Waals surface area (Å²) < 4.78 is 0. The molecule has 0 aliphatic carbocycles. The molecule has 23 heavy (non-hydrogen) atoms. The lowest BCUT2D eigenvalue weighted by molar-refractivity contribution is -0.133. The lowest BCUT2D eigenvalue weighted by Gasteiger charge is -2.23. The summed E-state index contributed by atoms with van der Waals surface area (Å²) in [6, 6.07) is 7.71. The molecular formula is C16H22N4O2S. The highest BCUT2D eigenvalue weighted by molar-refractivity contribution is 7.99. The fourth-order valence-electron chi connectivity index (χ4n) is 2.00. The SMILES string of the molecule is CN(CC(=O)NC(C)(C)C)C(=O)CSc1nc2ccccc2[nH]1. The molecule has 1 heterocycles. The van der Waals surface area contributed by atoms with E-state index in [2.05, 4.69) is 15.3 Å². The van der Waals surface area contributed by atoms with Crippen LogP contribution in [0.15, 0.2) is 29.4 Å². The van der Waals surface area contributed by atoms with Crippen molar-refractivity contribution in [2.45, 2.75) is 31.5 Å². The van der Waals surface area contributed by atoms with Gasteiger partial charge in [-0.1, -0.05) is 23.9 Å². The summed E-state index contributed by atoms with van der Waals surface area (Å²) in [4.78, 5) is 33.0. The molecule has 2 N–H and O–H groups in total. The summed E-state index contributed by atoms with van der Waals surface area (Å²) in [6.07, 6.45) is 0. The van der Waals surface area contributed by atoms with Crippen LogP contribution in [0.3, 0.4) is 0 Å². The molecule has 0 fully saturated rings. The van der Waals surface area contributed by atoms with E-state index >= 15 is 0 Å². The molecule has 0 spiro atoms. The number of aromatic nitrogens is 2. The minimum atomic E-state index is -0.302. The second kappa shape index (κ2) is 7.04. The predicted molar refractivity (Wildman–Crippen MR) is 92.4 cm³/mol. The molecule has 0 aliphatic heterocycles. The third-order valence-electron chi connectivity index (χ3n) is 3.02. The van der Waals surface area contributed by atoms with E-state index in [9.17, 15) is 9.59 Å². The van der Waals surface area contributed by atoms with Gasteiger partial charge in [-0.15, -0.1) is 0 Å². The molecule has 124 valence electrons. The molecule has 0 saturated heterocycles. The largest absolute Gasteiger partial charge is 0.350 e. The van der Waals surface area contributed by atoms with E-state index in [-0.39, 0.29) is 29.7 Å². The molecule has 0 bridgehead atoms. The van der Waals surface area contributed by atoms with Crippen LogP contribution in [-0.2, 0) is 9.59 Å². The number of carbonyl (C=O) groups excluding carboxylic acids is 2. The second-order valence-corrected chi connectivity index (χ2v) is 7.36. The van der Waals surface area contributed by atoms with E-state index in [1.165, 1.54) is 16.7 Å². The number of amides is 2.